The predicted octanol–water partition coefficient (Wildman–Crippen LogP) is 1.71. The Kier molecular flexibility index (Phi) is 7.08. The standard InChI is InChI=1S/C19H23N3O3S/c1-22(14-6-9-16-7-3-2-4-8-16)26(24,25)18-11-5-10-17(15-18)19(23)21-13-12-20/h2-11,15H,12-14,20H2,1H3,(H,21,23). The van der Waals surface area contributed by atoms with Crippen molar-refractivity contribution in [2.24, 2.45) is 5.73 Å². The minimum Gasteiger partial charge on any atom is -0.351 e. The van der Waals surface area contributed by atoms with Crippen LogP contribution < -0.4 is 11.1 Å². The zero-order valence-electron chi connectivity index (χ0n) is 14.6. The van der Waals surface area contributed by atoms with Crippen LogP contribution in [0, 0.1) is 0 Å². The van der Waals surface area contributed by atoms with E-state index in [2.05, 4.69) is 5.32 Å². The summed E-state index contributed by atoms with van der Waals surface area (Å²) in [5.41, 5.74) is 6.64. The molecule has 1 amide bonds. The van der Waals surface area contributed by atoms with Gasteiger partial charge in [-0.15, -0.1) is 0 Å². The Labute approximate surface area is 154 Å². The highest BCUT2D eigenvalue weighted by atomic mass is 32.2. The first-order valence-corrected chi connectivity index (χ1v) is 9.65. The van der Waals surface area contributed by atoms with Crippen LogP contribution in [0.15, 0.2) is 65.6 Å². The van der Waals surface area contributed by atoms with E-state index < -0.39 is 10.0 Å². The highest BCUT2D eigenvalue weighted by molar-refractivity contribution is 7.89. The number of likely N-dealkylation sites (N-methyl/N-ethyl adjacent to an activating group) is 1. The van der Waals surface area contributed by atoms with Gasteiger partial charge in [0.2, 0.25) is 10.0 Å². The Hall–Kier alpha value is -2.48. The normalized spacial score (nSPS) is 11.8. The van der Waals surface area contributed by atoms with Gasteiger partial charge in [-0.1, -0.05) is 48.6 Å². The lowest BCUT2D eigenvalue weighted by molar-refractivity contribution is 0.0954. The maximum Gasteiger partial charge on any atom is 0.251 e. The molecule has 0 bridgehead atoms. The Balaban J connectivity index is 2.11. The summed E-state index contributed by atoms with van der Waals surface area (Å²) in [6.07, 6.45) is 3.65. The summed E-state index contributed by atoms with van der Waals surface area (Å²) in [4.78, 5) is 12.1. The number of rotatable bonds is 8. The lowest BCUT2D eigenvalue weighted by atomic mass is 10.2. The number of carbonyl (C=O) groups is 1. The zero-order valence-corrected chi connectivity index (χ0v) is 15.4. The van der Waals surface area contributed by atoms with Gasteiger partial charge in [0, 0.05) is 32.2 Å². The molecule has 0 fully saturated rings. The second-order valence-corrected chi connectivity index (χ2v) is 7.72. The van der Waals surface area contributed by atoms with Crippen molar-refractivity contribution >= 4 is 22.0 Å². The number of hydrogen-bond acceptors (Lipinski definition) is 4. The lowest BCUT2D eigenvalue weighted by Gasteiger charge is -2.16. The van der Waals surface area contributed by atoms with Gasteiger partial charge >= 0.3 is 0 Å². The summed E-state index contributed by atoms with van der Waals surface area (Å²) in [5.74, 6) is -0.348. The van der Waals surface area contributed by atoms with Crippen LogP contribution in [-0.4, -0.2) is 45.3 Å². The van der Waals surface area contributed by atoms with Gasteiger partial charge in [-0.25, -0.2) is 8.42 Å². The summed E-state index contributed by atoms with van der Waals surface area (Å²) in [7, 11) is -2.19. The molecular weight excluding hydrogens is 350 g/mol. The van der Waals surface area contributed by atoms with Gasteiger partial charge in [-0.2, -0.15) is 4.31 Å². The minimum absolute atomic E-state index is 0.0773. The third-order valence-electron chi connectivity index (χ3n) is 3.71. The van der Waals surface area contributed by atoms with Crippen molar-refractivity contribution in [3.63, 3.8) is 0 Å². The van der Waals surface area contributed by atoms with Crippen molar-refractivity contribution in [1.29, 1.82) is 0 Å². The number of nitrogens with two attached hydrogens (primary N) is 1. The molecule has 138 valence electrons. The number of sulfonamides is 1. The smallest absolute Gasteiger partial charge is 0.251 e. The minimum atomic E-state index is -3.69. The number of carbonyl (C=O) groups excluding carboxylic acids is 1. The van der Waals surface area contributed by atoms with Crippen LogP contribution >= 0.6 is 0 Å². The summed E-state index contributed by atoms with van der Waals surface area (Å²) in [6.45, 7) is 0.876. The largest absolute Gasteiger partial charge is 0.351 e. The van der Waals surface area contributed by atoms with E-state index in [1.54, 1.807) is 18.2 Å². The van der Waals surface area contributed by atoms with Crippen LogP contribution in [0.2, 0.25) is 0 Å². The molecule has 2 rings (SSSR count). The number of nitrogens with one attached hydrogen (secondary N) is 1. The number of hydrogen-bond donors (Lipinski definition) is 2. The van der Waals surface area contributed by atoms with Crippen LogP contribution in [-0.2, 0) is 10.0 Å². The molecule has 0 aliphatic heterocycles. The van der Waals surface area contributed by atoms with Crippen LogP contribution in [0.25, 0.3) is 6.08 Å². The van der Waals surface area contributed by atoms with Crippen molar-refractivity contribution < 1.29 is 13.2 Å². The predicted molar refractivity (Wildman–Crippen MR) is 103 cm³/mol. The highest BCUT2D eigenvalue weighted by Crippen LogP contribution is 2.16. The van der Waals surface area contributed by atoms with Gasteiger partial charge < -0.3 is 11.1 Å². The van der Waals surface area contributed by atoms with E-state index in [-0.39, 0.29) is 22.9 Å². The molecule has 0 heterocycles. The first kappa shape index (κ1) is 19.8. The van der Waals surface area contributed by atoms with Gasteiger partial charge in [-0.05, 0) is 23.8 Å². The fourth-order valence-electron chi connectivity index (χ4n) is 2.27. The lowest BCUT2D eigenvalue weighted by Crippen LogP contribution is -2.30. The third-order valence-corrected chi connectivity index (χ3v) is 5.53. The average Bonchev–Trinajstić information content (AvgIpc) is 2.67. The SMILES string of the molecule is CN(CC=Cc1ccccc1)S(=O)(=O)c1cccc(C(=O)NCCN)c1. The fraction of sp³-hybridized carbons (Fsp3) is 0.211. The molecular formula is C19H23N3O3S. The summed E-state index contributed by atoms with van der Waals surface area (Å²) < 4.78 is 26.6. The Morgan fingerprint density at radius 2 is 1.88 bits per heavy atom. The van der Waals surface area contributed by atoms with Gasteiger partial charge in [0.25, 0.3) is 5.91 Å². The van der Waals surface area contributed by atoms with E-state index in [0.717, 1.165) is 5.56 Å². The second kappa shape index (κ2) is 9.28. The Bertz CT molecular complexity index is 865. The maximum atomic E-state index is 12.7. The van der Waals surface area contributed by atoms with Gasteiger partial charge in [0.1, 0.15) is 0 Å². The van der Waals surface area contributed by atoms with E-state index >= 15 is 0 Å². The average molecular weight is 373 g/mol. The second-order valence-electron chi connectivity index (χ2n) is 5.67. The molecule has 0 saturated heterocycles. The number of amides is 1. The molecule has 0 aliphatic rings. The Morgan fingerprint density at radius 3 is 2.58 bits per heavy atom. The van der Waals surface area contributed by atoms with Crippen molar-refractivity contribution in [2.45, 2.75) is 4.90 Å². The van der Waals surface area contributed by atoms with Gasteiger partial charge in [0.15, 0.2) is 0 Å². The van der Waals surface area contributed by atoms with Crippen LogP contribution in [0.5, 0.6) is 0 Å². The van der Waals surface area contributed by atoms with E-state index in [1.165, 1.54) is 23.5 Å². The van der Waals surface area contributed by atoms with Crippen LogP contribution in [0.3, 0.4) is 0 Å². The molecule has 0 radical (unpaired) electrons. The zero-order chi connectivity index (χ0) is 19.0. The molecule has 0 aromatic heterocycles. The molecule has 2 aromatic carbocycles. The van der Waals surface area contributed by atoms with Crippen molar-refractivity contribution in [1.82, 2.24) is 9.62 Å². The molecule has 6 nitrogen and oxygen atoms in total. The fourth-order valence-corrected chi connectivity index (χ4v) is 3.43. The van der Waals surface area contributed by atoms with Crippen molar-refractivity contribution in [2.75, 3.05) is 26.7 Å². The first-order valence-electron chi connectivity index (χ1n) is 8.21. The topological polar surface area (TPSA) is 92.5 Å². The summed E-state index contributed by atoms with van der Waals surface area (Å²) >= 11 is 0. The maximum absolute atomic E-state index is 12.7. The molecule has 0 aliphatic carbocycles. The molecule has 7 heteroatoms. The monoisotopic (exact) mass is 373 g/mol. The summed E-state index contributed by atoms with van der Waals surface area (Å²) in [6, 6.07) is 15.6. The molecule has 0 atom stereocenters. The van der Waals surface area contributed by atoms with Gasteiger partial charge in [-0.3, -0.25) is 4.79 Å². The third kappa shape index (κ3) is 5.26. The number of nitrogens with zero attached hydrogens (tertiary/aromatic N) is 1. The number of benzene rings is 2. The van der Waals surface area contributed by atoms with Crippen molar-refractivity contribution in [3.05, 3.63) is 71.8 Å². The van der Waals surface area contributed by atoms with Crippen LogP contribution in [0.1, 0.15) is 15.9 Å². The highest BCUT2D eigenvalue weighted by Gasteiger charge is 2.20. The molecule has 2 aromatic rings. The Morgan fingerprint density at radius 1 is 1.15 bits per heavy atom. The molecule has 0 unspecified atom stereocenters. The van der Waals surface area contributed by atoms with Crippen molar-refractivity contribution in [3.8, 4) is 0 Å². The molecule has 26 heavy (non-hydrogen) atoms. The quantitative estimate of drug-likeness (QED) is 0.737. The molecule has 0 saturated carbocycles. The van der Waals surface area contributed by atoms with Crippen LogP contribution in [0.4, 0.5) is 0 Å². The van der Waals surface area contributed by atoms with Gasteiger partial charge in [0.05, 0.1) is 4.90 Å². The van der Waals surface area contributed by atoms with E-state index in [0.29, 0.717) is 13.1 Å². The molecule has 3 N–H and O–H groups in total. The summed E-state index contributed by atoms with van der Waals surface area (Å²) in [5, 5.41) is 2.63. The molecule has 0 spiro atoms. The van der Waals surface area contributed by atoms with E-state index in [4.69, 9.17) is 5.73 Å². The first-order chi connectivity index (χ1) is 12.4. The van der Waals surface area contributed by atoms with E-state index in [1.807, 2.05) is 36.4 Å². The van der Waals surface area contributed by atoms with E-state index in [9.17, 15) is 13.2 Å².